The number of rotatable bonds is 7. The van der Waals surface area contributed by atoms with Crippen molar-refractivity contribution in [1.82, 2.24) is 30.7 Å². The zero-order valence-electron chi connectivity index (χ0n) is 19.5. The molecule has 1 aromatic carbocycles. The molecule has 34 heavy (non-hydrogen) atoms. The summed E-state index contributed by atoms with van der Waals surface area (Å²) in [5, 5.41) is 26.7. The van der Waals surface area contributed by atoms with Gasteiger partial charge >= 0.3 is 0 Å². The summed E-state index contributed by atoms with van der Waals surface area (Å²) in [5.41, 5.74) is 6.99. The summed E-state index contributed by atoms with van der Waals surface area (Å²) in [4.78, 5) is 13.0. The van der Waals surface area contributed by atoms with Crippen molar-refractivity contribution in [1.29, 1.82) is 5.26 Å². The molecule has 2 saturated heterocycles. The van der Waals surface area contributed by atoms with Crippen molar-refractivity contribution in [3.8, 4) is 6.07 Å². The number of nitrogens with zero attached hydrogens (tertiary/aromatic N) is 5. The molecule has 3 heterocycles. The molecule has 1 aliphatic carbocycles. The van der Waals surface area contributed by atoms with Crippen molar-refractivity contribution in [2.45, 2.75) is 62.7 Å². The Morgan fingerprint density at radius 2 is 2.06 bits per heavy atom. The number of hydrogen-bond donors (Lipinski definition) is 3. The van der Waals surface area contributed by atoms with E-state index in [1.54, 1.807) is 18.0 Å². The lowest BCUT2D eigenvalue weighted by Crippen LogP contribution is -2.54. The number of nitrogens with one attached hydrogen (secondary N) is 3. The van der Waals surface area contributed by atoms with Crippen LogP contribution in [-0.2, 0) is 17.1 Å². The van der Waals surface area contributed by atoms with E-state index in [9.17, 15) is 10.1 Å². The second kappa shape index (κ2) is 10.3. The van der Waals surface area contributed by atoms with Gasteiger partial charge in [-0.1, -0.05) is 24.1 Å². The molecule has 1 aromatic heterocycles. The fourth-order valence-corrected chi connectivity index (χ4v) is 6.27. The first-order valence-electron chi connectivity index (χ1n) is 12.1. The number of nitriles is 1. The van der Waals surface area contributed by atoms with Crippen molar-refractivity contribution in [2.75, 3.05) is 18.1 Å². The number of fused-ring (bicyclic) bond motifs is 1. The van der Waals surface area contributed by atoms with E-state index in [-0.39, 0.29) is 36.0 Å². The molecule has 180 valence electrons. The van der Waals surface area contributed by atoms with Gasteiger partial charge in [0, 0.05) is 36.3 Å². The van der Waals surface area contributed by atoms with Crippen molar-refractivity contribution in [2.24, 2.45) is 11.8 Å². The number of thioether (sulfide) groups is 1. The fraction of sp³-hybridized carbons (Fsp3) is 0.583. The highest BCUT2D eigenvalue weighted by Crippen LogP contribution is 2.36. The number of hydrogen-bond acceptors (Lipinski definition) is 8. The lowest BCUT2D eigenvalue weighted by molar-refractivity contribution is -0.128. The van der Waals surface area contributed by atoms with Gasteiger partial charge in [0.2, 0.25) is 5.91 Å². The molecule has 3 fully saturated rings. The molecule has 0 radical (unpaired) electrons. The van der Waals surface area contributed by atoms with Crippen molar-refractivity contribution < 1.29 is 4.79 Å². The lowest BCUT2D eigenvalue weighted by atomic mass is 9.83. The Balaban J connectivity index is 1.40. The fourth-order valence-electron chi connectivity index (χ4n) is 5.77. The SMILES string of the molecule is CSCc1cc(Cn2ccnn2)cc(NC2NN([C@H]3CCCC[C@@H]3C#N)C3CCNC(=O)C23)c1. The normalized spacial score (nSPS) is 29.3. The number of benzene rings is 1. The smallest absolute Gasteiger partial charge is 0.228 e. The van der Waals surface area contributed by atoms with Crippen LogP contribution >= 0.6 is 11.8 Å². The van der Waals surface area contributed by atoms with Crippen LogP contribution in [0.1, 0.15) is 43.2 Å². The van der Waals surface area contributed by atoms with Gasteiger partial charge < -0.3 is 10.6 Å². The number of hydrazine groups is 1. The van der Waals surface area contributed by atoms with Crippen LogP contribution in [0.2, 0.25) is 0 Å². The van der Waals surface area contributed by atoms with E-state index in [1.165, 1.54) is 5.56 Å². The monoisotopic (exact) mass is 480 g/mol. The third-order valence-electron chi connectivity index (χ3n) is 7.22. The van der Waals surface area contributed by atoms with Crippen LogP contribution in [0.3, 0.4) is 0 Å². The molecule has 1 amide bonds. The van der Waals surface area contributed by atoms with Crippen LogP contribution in [0, 0.1) is 23.2 Å². The molecule has 0 bridgehead atoms. The number of amides is 1. The van der Waals surface area contributed by atoms with Gasteiger partial charge in [-0.25, -0.2) is 15.1 Å². The molecule has 3 aliphatic rings. The highest BCUT2D eigenvalue weighted by Gasteiger charge is 2.51. The maximum absolute atomic E-state index is 13.0. The van der Waals surface area contributed by atoms with Crippen LogP contribution in [0.4, 0.5) is 5.69 Å². The van der Waals surface area contributed by atoms with Gasteiger partial charge in [0.05, 0.1) is 30.6 Å². The third kappa shape index (κ3) is 4.78. The van der Waals surface area contributed by atoms with Gasteiger partial charge in [-0.2, -0.15) is 17.0 Å². The molecule has 1 saturated carbocycles. The minimum atomic E-state index is -0.227. The third-order valence-corrected chi connectivity index (χ3v) is 7.84. The molecule has 5 atom stereocenters. The Bertz CT molecular complexity index is 1040. The van der Waals surface area contributed by atoms with Crippen LogP contribution in [0.25, 0.3) is 0 Å². The van der Waals surface area contributed by atoms with Crippen LogP contribution in [0.5, 0.6) is 0 Å². The predicted molar refractivity (Wildman–Crippen MR) is 131 cm³/mol. The number of piperidine rings is 1. The van der Waals surface area contributed by atoms with Gasteiger partial charge in [0.15, 0.2) is 0 Å². The molecule has 2 aromatic rings. The van der Waals surface area contributed by atoms with Gasteiger partial charge in [0.1, 0.15) is 6.17 Å². The van der Waals surface area contributed by atoms with E-state index < -0.39 is 0 Å². The first-order chi connectivity index (χ1) is 16.7. The van der Waals surface area contributed by atoms with Gasteiger partial charge in [0.25, 0.3) is 0 Å². The summed E-state index contributed by atoms with van der Waals surface area (Å²) >= 11 is 1.78. The van der Waals surface area contributed by atoms with E-state index in [4.69, 9.17) is 0 Å². The molecule has 9 nitrogen and oxygen atoms in total. The summed E-state index contributed by atoms with van der Waals surface area (Å²) in [6.45, 7) is 1.32. The maximum Gasteiger partial charge on any atom is 0.228 e. The lowest BCUT2D eigenvalue weighted by Gasteiger charge is -2.39. The van der Waals surface area contributed by atoms with Crippen LogP contribution in [-0.4, -0.2) is 57.0 Å². The van der Waals surface area contributed by atoms with Gasteiger partial charge in [-0.05, 0) is 48.8 Å². The average Bonchev–Trinajstić information content (AvgIpc) is 3.48. The Kier molecular flexibility index (Phi) is 7.04. The highest BCUT2D eigenvalue weighted by molar-refractivity contribution is 7.97. The molecule has 5 rings (SSSR count). The molecular weight excluding hydrogens is 448 g/mol. The quantitative estimate of drug-likeness (QED) is 0.554. The summed E-state index contributed by atoms with van der Waals surface area (Å²) in [5.74, 6) is 0.779. The predicted octanol–water partition coefficient (Wildman–Crippen LogP) is 2.33. The second-order valence-corrected chi connectivity index (χ2v) is 10.4. The first kappa shape index (κ1) is 23.1. The number of aromatic nitrogens is 3. The highest BCUT2D eigenvalue weighted by atomic mass is 32.2. The van der Waals surface area contributed by atoms with Crippen LogP contribution < -0.4 is 16.1 Å². The van der Waals surface area contributed by atoms with Crippen molar-refractivity contribution >= 4 is 23.4 Å². The number of carbonyl (C=O) groups excluding carboxylic acids is 1. The minimum absolute atomic E-state index is 0.00447. The van der Waals surface area contributed by atoms with Gasteiger partial charge in [-0.15, -0.1) is 5.10 Å². The molecule has 2 aliphatic heterocycles. The Labute approximate surface area is 204 Å². The summed E-state index contributed by atoms with van der Waals surface area (Å²) in [6, 6.07) is 9.27. The molecular formula is C24H32N8OS. The molecule has 10 heteroatoms. The zero-order valence-corrected chi connectivity index (χ0v) is 20.3. The number of carbonyl (C=O) groups is 1. The molecule has 3 unspecified atom stereocenters. The Morgan fingerprint density at radius 1 is 1.21 bits per heavy atom. The standard InChI is InChI=1S/C24H32N8OS/c1-34-15-17-10-16(14-31-9-8-27-30-31)11-19(12-17)28-23-22-21(6-7-26-24(22)33)32(29-23)20-5-3-2-4-18(20)13-25/h8-12,18,20-23,28-29H,2-7,14-15H2,1H3,(H,26,33)/t18-,20+,21?,22?,23?/m1/s1. The first-order valence-corrected chi connectivity index (χ1v) is 13.5. The minimum Gasteiger partial charge on any atom is -0.368 e. The van der Waals surface area contributed by atoms with E-state index in [0.29, 0.717) is 13.1 Å². The summed E-state index contributed by atoms with van der Waals surface area (Å²) in [6.07, 6.45) is 10.5. The van der Waals surface area contributed by atoms with E-state index >= 15 is 0 Å². The van der Waals surface area contributed by atoms with E-state index in [1.807, 2.05) is 10.9 Å². The zero-order chi connectivity index (χ0) is 23.5. The topological polar surface area (TPSA) is 111 Å². The summed E-state index contributed by atoms with van der Waals surface area (Å²) < 4.78 is 1.81. The van der Waals surface area contributed by atoms with Crippen molar-refractivity contribution in [3.05, 3.63) is 41.7 Å². The van der Waals surface area contributed by atoms with E-state index in [2.05, 4.69) is 61.9 Å². The van der Waals surface area contributed by atoms with E-state index in [0.717, 1.165) is 49.1 Å². The van der Waals surface area contributed by atoms with Crippen molar-refractivity contribution in [3.63, 3.8) is 0 Å². The van der Waals surface area contributed by atoms with Crippen LogP contribution in [0.15, 0.2) is 30.6 Å². The average molecular weight is 481 g/mol. The maximum atomic E-state index is 13.0. The van der Waals surface area contributed by atoms with Gasteiger partial charge in [-0.3, -0.25) is 4.79 Å². The Morgan fingerprint density at radius 3 is 2.85 bits per heavy atom. The Hall–Kier alpha value is -2.61. The summed E-state index contributed by atoms with van der Waals surface area (Å²) in [7, 11) is 0. The largest absolute Gasteiger partial charge is 0.368 e. The molecule has 0 spiro atoms. The second-order valence-electron chi connectivity index (χ2n) is 9.49. The number of anilines is 1. The molecule has 3 N–H and O–H groups in total.